The van der Waals surface area contributed by atoms with Crippen LogP contribution in [0.25, 0.3) is 11.3 Å². The molecule has 0 atom stereocenters. The number of methoxy groups -OCH3 is 1. The predicted octanol–water partition coefficient (Wildman–Crippen LogP) is 3.44. The first-order chi connectivity index (χ1) is 12.7. The number of rotatable bonds is 5. The molecule has 2 aromatic carbocycles. The molecule has 3 aromatic rings. The van der Waals surface area contributed by atoms with Gasteiger partial charge in [-0.25, -0.2) is 9.97 Å². The third-order valence-corrected chi connectivity index (χ3v) is 4.17. The molecule has 0 unspecified atom stereocenters. The second-order valence-corrected chi connectivity index (χ2v) is 5.97. The summed E-state index contributed by atoms with van der Waals surface area (Å²) in [6, 6.07) is 15.5. The first-order valence-corrected chi connectivity index (χ1v) is 8.26. The van der Waals surface area contributed by atoms with Crippen molar-refractivity contribution >= 4 is 17.3 Å². The lowest BCUT2D eigenvalue weighted by atomic mass is 10.1. The second kappa shape index (κ2) is 6.84. The van der Waals surface area contributed by atoms with Crippen molar-refractivity contribution in [1.29, 1.82) is 0 Å². The van der Waals surface area contributed by atoms with Gasteiger partial charge in [-0.2, -0.15) is 0 Å². The maximum absolute atomic E-state index is 5.85. The largest absolute Gasteiger partial charge is 0.497 e. The van der Waals surface area contributed by atoms with E-state index in [1.165, 1.54) is 5.56 Å². The highest BCUT2D eigenvalue weighted by Crippen LogP contribution is 2.31. The number of anilines is 1. The normalized spacial score (nSPS) is 12.4. The quantitative estimate of drug-likeness (QED) is 0.765. The molecule has 6 nitrogen and oxygen atoms in total. The Hall–Kier alpha value is -3.41. The van der Waals surface area contributed by atoms with Gasteiger partial charge in [0, 0.05) is 24.2 Å². The zero-order valence-corrected chi connectivity index (χ0v) is 14.3. The molecule has 0 spiro atoms. The van der Waals surface area contributed by atoms with Gasteiger partial charge in [0.25, 0.3) is 0 Å². The van der Waals surface area contributed by atoms with Crippen molar-refractivity contribution in [1.82, 2.24) is 9.97 Å². The molecule has 0 amide bonds. The predicted molar refractivity (Wildman–Crippen MR) is 101 cm³/mol. The molecule has 1 aromatic heterocycles. The summed E-state index contributed by atoms with van der Waals surface area (Å²) in [4.78, 5) is 12.9. The third-order valence-electron chi connectivity index (χ3n) is 4.17. The number of aromatic nitrogens is 2. The molecule has 26 heavy (non-hydrogen) atoms. The van der Waals surface area contributed by atoms with Gasteiger partial charge in [0.15, 0.2) is 0 Å². The number of aliphatic imine (C=N–C) groups is 1. The second-order valence-electron chi connectivity index (χ2n) is 5.97. The molecule has 2 N–H and O–H groups in total. The lowest BCUT2D eigenvalue weighted by Crippen LogP contribution is -2.11. The van der Waals surface area contributed by atoms with E-state index in [1.807, 2.05) is 42.5 Å². The summed E-state index contributed by atoms with van der Waals surface area (Å²) in [5.74, 6) is 1.80. The van der Waals surface area contributed by atoms with Crippen LogP contribution in [0.1, 0.15) is 5.56 Å². The van der Waals surface area contributed by atoms with Crippen molar-refractivity contribution in [2.45, 2.75) is 6.42 Å². The van der Waals surface area contributed by atoms with E-state index in [0.29, 0.717) is 6.61 Å². The molecule has 0 radical (unpaired) electrons. The van der Waals surface area contributed by atoms with Crippen molar-refractivity contribution in [2.75, 3.05) is 19.5 Å². The van der Waals surface area contributed by atoms with E-state index in [9.17, 15) is 0 Å². The third kappa shape index (κ3) is 3.35. The van der Waals surface area contributed by atoms with E-state index in [4.69, 9.17) is 20.2 Å². The molecule has 6 heteroatoms. The zero-order valence-electron chi connectivity index (χ0n) is 14.3. The summed E-state index contributed by atoms with van der Waals surface area (Å²) in [7, 11) is 1.64. The molecule has 4 rings (SSSR count). The Balaban J connectivity index is 1.50. The summed E-state index contributed by atoms with van der Waals surface area (Å²) in [6.07, 6.45) is 2.44. The number of nitrogens with two attached hydrogens (primary N) is 1. The van der Waals surface area contributed by atoms with Crippen molar-refractivity contribution in [3.63, 3.8) is 0 Å². The van der Waals surface area contributed by atoms with Crippen molar-refractivity contribution in [2.24, 2.45) is 4.99 Å². The van der Waals surface area contributed by atoms with Gasteiger partial charge in [-0.1, -0.05) is 18.2 Å². The number of fused-ring (bicyclic) bond motifs is 1. The highest BCUT2D eigenvalue weighted by Gasteiger charge is 2.16. The molecule has 1 aliphatic rings. The van der Waals surface area contributed by atoms with Gasteiger partial charge in [-0.3, -0.25) is 4.99 Å². The summed E-state index contributed by atoms with van der Waals surface area (Å²) in [5.41, 5.74) is 10.5. The zero-order chi connectivity index (χ0) is 17.9. The van der Waals surface area contributed by atoms with Crippen LogP contribution in [0, 0.1) is 0 Å². The Bertz CT molecular complexity index is 985. The van der Waals surface area contributed by atoms with E-state index in [0.717, 1.165) is 40.6 Å². The van der Waals surface area contributed by atoms with Crippen molar-refractivity contribution < 1.29 is 9.47 Å². The molecule has 2 heterocycles. The molecular formula is C20H18N4O2. The van der Waals surface area contributed by atoms with Crippen LogP contribution in [0.4, 0.5) is 11.6 Å². The van der Waals surface area contributed by atoms with Crippen LogP contribution >= 0.6 is 0 Å². The van der Waals surface area contributed by atoms with Crippen LogP contribution in [-0.2, 0) is 6.42 Å². The van der Waals surface area contributed by atoms with Crippen LogP contribution in [0.2, 0.25) is 0 Å². The van der Waals surface area contributed by atoms with Crippen LogP contribution in [0.3, 0.4) is 0 Å². The number of nitrogens with zero attached hydrogens (tertiary/aromatic N) is 3. The number of hydrogen-bond acceptors (Lipinski definition) is 6. The fraction of sp³-hybridized carbons (Fsp3) is 0.150. The molecule has 0 fully saturated rings. The van der Waals surface area contributed by atoms with E-state index < -0.39 is 0 Å². The number of ether oxygens (including phenoxy) is 2. The van der Waals surface area contributed by atoms with E-state index in [2.05, 4.69) is 16.0 Å². The monoisotopic (exact) mass is 346 g/mol. The van der Waals surface area contributed by atoms with Gasteiger partial charge in [0.1, 0.15) is 18.1 Å². The number of benzene rings is 2. The lowest BCUT2D eigenvalue weighted by Gasteiger charge is -2.07. The Morgan fingerprint density at radius 1 is 1.08 bits per heavy atom. The van der Waals surface area contributed by atoms with E-state index in [1.54, 1.807) is 13.3 Å². The number of hydrogen-bond donors (Lipinski definition) is 1. The lowest BCUT2D eigenvalue weighted by molar-refractivity contribution is 0.367. The van der Waals surface area contributed by atoms with Crippen molar-refractivity contribution in [3.05, 3.63) is 60.3 Å². The molecule has 0 aliphatic carbocycles. The van der Waals surface area contributed by atoms with E-state index in [-0.39, 0.29) is 5.95 Å². The topological polar surface area (TPSA) is 82.6 Å². The Morgan fingerprint density at radius 2 is 1.96 bits per heavy atom. The van der Waals surface area contributed by atoms with Crippen LogP contribution in [0.5, 0.6) is 11.5 Å². The summed E-state index contributed by atoms with van der Waals surface area (Å²) >= 11 is 0. The summed E-state index contributed by atoms with van der Waals surface area (Å²) in [6.45, 7) is 0.442. The van der Waals surface area contributed by atoms with Crippen LogP contribution in [-0.4, -0.2) is 29.4 Å². The molecule has 0 bridgehead atoms. The smallest absolute Gasteiger partial charge is 0.220 e. The fourth-order valence-corrected chi connectivity index (χ4v) is 2.88. The van der Waals surface area contributed by atoms with Crippen molar-refractivity contribution in [3.8, 4) is 22.8 Å². The first-order valence-electron chi connectivity index (χ1n) is 8.26. The van der Waals surface area contributed by atoms with Crippen LogP contribution in [0.15, 0.2) is 59.7 Å². The standard InChI is InChI=1S/C20H18N4O2/c1-25-16-3-2-4-17(11-16)26-12-15-9-13-5-6-14(10-19(13)23-15)18-7-8-22-20(21)24-18/h2-8,10-11H,9,12H2,1H3,(H2,21,22,24). The van der Waals surface area contributed by atoms with Gasteiger partial charge in [-0.05, 0) is 29.8 Å². The minimum atomic E-state index is 0.263. The Morgan fingerprint density at radius 3 is 2.81 bits per heavy atom. The first kappa shape index (κ1) is 16.1. The SMILES string of the molecule is COc1cccc(OCC2=Nc3cc(-c4ccnc(N)n4)ccc3C2)c1. The van der Waals surface area contributed by atoms with Gasteiger partial charge in [0.2, 0.25) is 5.95 Å². The molecule has 0 saturated heterocycles. The Labute approximate surface area is 151 Å². The molecule has 0 saturated carbocycles. The minimum Gasteiger partial charge on any atom is -0.497 e. The fourth-order valence-electron chi connectivity index (χ4n) is 2.88. The molecular weight excluding hydrogens is 328 g/mol. The number of nitrogen functional groups attached to an aromatic ring is 1. The Kier molecular flexibility index (Phi) is 4.23. The summed E-state index contributed by atoms with van der Waals surface area (Å²) in [5, 5.41) is 0. The highest BCUT2D eigenvalue weighted by molar-refractivity contribution is 5.95. The average molecular weight is 346 g/mol. The van der Waals surface area contributed by atoms with Crippen LogP contribution < -0.4 is 15.2 Å². The minimum absolute atomic E-state index is 0.263. The van der Waals surface area contributed by atoms with Gasteiger partial charge >= 0.3 is 0 Å². The van der Waals surface area contributed by atoms with Gasteiger partial charge in [0.05, 0.1) is 24.2 Å². The molecule has 1 aliphatic heterocycles. The summed E-state index contributed by atoms with van der Waals surface area (Å²) < 4.78 is 11.1. The van der Waals surface area contributed by atoms with Gasteiger partial charge in [-0.15, -0.1) is 0 Å². The average Bonchev–Trinajstić information content (AvgIpc) is 3.08. The highest BCUT2D eigenvalue weighted by atomic mass is 16.5. The van der Waals surface area contributed by atoms with E-state index >= 15 is 0 Å². The van der Waals surface area contributed by atoms with Gasteiger partial charge < -0.3 is 15.2 Å². The molecule has 130 valence electrons. The maximum atomic E-state index is 5.85. The maximum Gasteiger partial charge on any atom is 0.220 e.